The molecule has 2 heterocycles. The van der Waals surface area contributed by atoms with Crippen LogP contribution in [0.4, 0.5) is 4.39 Å². The summed E-state index contributed by atoms with van der Waals surface area (Å²) in [4.78, 5) is 39.0. The predicted octanol–water partition coefficient (Wildman–Crippen LogP) is 4.43. The van der Waals surface area contributed by atoms with Crippen LogP contribution in [-0.2, 0) is 25.7 Å². The van der Waals surface area contributed by atoms with E-state index in [1.165, 1.54) is 17.8 Å². The van der Waals surface area contributed by atoms with Crippen molar-refractivity contribution in [3.8, 4) is 0 Å². The van der Waals surface area contributed by atoms with Crippen LogP contribution < -0.4 is 0 Å². The van der Waals surface area contributed by atoms with Crippen LogP contribution in [0, 0.1) is 11.7 Å². The summed E-state index contributed by atoms with van der Waals surface area (Å²) in [6.45, 7) is 5.11. The number of carbonyl (C=O) groups is 3. The first-order chi connectivity index (χ1) is 17.4. The van der Waals surface area contributed by atoms with E-state index in [4.69, 9.17) is 4.74 Å². The van der Waals surface area contributed by atoms with Gasteiger partial charge in [0.25, 0.3) is 0 Å². The quantitative estimate of drug-likeness (QED) is 0.435. The van der Waals surface area contributed by atoms with E-state index in [2.05, 4.69) is 5.10 Å². The number of ketones is 1. The SMILES string of the molecule is CCOC(=O)CCn1ccc(/C=C2/CN(C(C(=O)C3CC3)c3ccccc3F)CCC2SC(C)=O)n1. The molecule has 0 amide bonds. The normalized spacial score (nSPS) is 20.3. The zero-order valence-corrected chi connectivity index (χ0v) is 21.5. The minimum atomic E-state index is -0.646. The lowest BCUT2D eigenvalue weighted by atomic mass is 9.93. The minimum Gasteiger partial charge on any atom is -0.466 e. The van der Waals surface area contributed by atoms with E-state index in [9.17, 15) is 18.8 Å². The Morgan fingerprint density at radius 3 is 2.69 bits per heavy atom. The Kier molecular flexibility index (Phi) is 8.74. The molecule has 1 aliphatic carbocycles. The van der Waals surface area contributed by atoms with Crippen molar-refractivity contribution in [2.24, 2.45) is 5.92 Å². The Balaban J connectivity index is 1.57. The van der Waals surface area contributed by atoms with Crippen molar-refractivity contribution in [2.45, 2.75) is 57.4 Å². The molecule has 4 rings (SSSR count). The molecule has 192 valence electrons. The van der Waals surface area contributed by atoms with Crippen LogP contribution in [-0.4, -0.2) is 56.5 Å². The van der Waals surface area contributed by atoms with Gasteiger partial charge in [-0.15, -0.1) is 0 Å². The number of hydrogen-bond acceptors (Lipinski definition) is 7. The maximum Gasteiger partial charge on any atom is 0.307 e. The summed E-state index contributed by atoms with van der Waals surface area (Å²) in [7, 11) is 0. The van der Waals surface area contributed by atoms with Crippen molar-refractivity contribution in [3.05, 3.63) is 59.2 Å². The largest absolute Gasteiger partial charge is 0.466 e. The number of aromatic nitrogens is 2. The third kappa shape index (κ3) is 6.70. The van der Waals surface area contributed by atoms with Crippen molar-refractivity contribution in [1.82, 2.24) is 14.7 Å². The molecule has 2 atom stereocenters. The van der Waals surface area contributed by atoms with Crippen LogP contribution in [0.15, 0.2) is 42.1 Å². The lowest BCUT2D eigenvalue weighted by Crippen LogP contribution is -2.43. The van der Waals surface area contributed by atoms with Crippen LogP contribution in [0.25, 0.3) is 6.08 Å². The second-order valence-electron chi connectivity index (χ2n) is 9.24. The van der Waals surface area contributed by atoms with Crippen molar-refractivity contribution in [1.29, 1.82) is 0 Å². The molecule has 2 fully saturated rings. The predicted molar refractivity (Wildman–Crippen MR) is 137 cm³/mol. The zero-order chi connectivity index (χ0) is 25.7. The standard InChI is InChI=1S/C27H32FN3O4S/c1-3-35-25(33)12-15-31-14-10-21(29-31)16-20-17-30(13-11-24(20)36-18(2)32)26(27(34)19-8-9-19)22-6-4-5-7-23(22)28/h4-7,10,14,16,19,24,26H,3,8-9,11-13,15,17H2,1-2H3/b20-16-. The highest BCUT2D eigenvalue weighted by atomic mass is 32.2. The van der Waals surface area contributed by atoms with Gasteiger partial charge < -0.3 is 4.74 Å². The van der Waals surface area contributed by atoms with Crippen LogP contribution in [0.2, 0.25) is 0 Å². The first-order valence-corrected chi connectivity index (χ1v) is 13.3. The van der Waals surface area contributed by atoms with Crippen LogP contribution >= 0.6 is 11.8 Å². The molecule has 0 N–H and O–H groups in total. The number of piperidine rings is 1. The number of hydrogen-bond donors (Lipinski definition) is 0. The van der Waals surface area contributed by atoms with Gasteiger partial charge in [0.15, 0.2) is 10.9 Å². The molecule has 1 aromatic heterocycles. The molecule has 36 heavy (non-hydrogen) atoms. The van der Waals surface area contributed by atoms with Crippen LogP contribution in [0.3, 0.4) is 0 Å². The monoisotopic (exact) mass is 513 g/mol. The highest BCUT2D eigenvalue weighted by Crippen LogP contribution is 2.40. The summed E-state index contributed by atoms with van der Waals surface area (Å²) < 4.78 is 21.5. The second-order valence-corrected chi connectivity index (χ2v) is 10.6. The van der Waals surface area contributed by atoms with Crippen LogP contribution in [0.1, 0.15) is 56.8 Å². The second kappa shape index (κ2) is 12.0. The first kappa shape index (κ1) is 26.3. The van der Waals surface area contributed by atoms with Crippen molar-refractivity contribution in [2.75, 3.05) is 19.7 Å². The topological polar surface area (TPSA) is 81.5 Å². The Labute approximate surface area is 215 Å². The maximum atomic E-state index is 14.8. The number of benzene rings is 1. The molecule has 0 bridgehead atoms. The number of ether oxygens (including phenoxy) is 1. The van der Waals surface area contributed by atoms with Gasteiger partial charge in [0.1, 0.15) is 5.82 Å². The summed E-state index contributed by atoms with van der Waals surface area (Å²) >= 11 is 1.28. The fourth-order valence-electron chi connectivity index (χ4n) is 4.60. The number of esters is 1. The van der Waals surface area contributed by atoms with E-state index in [0.717, 1.165) is 18.4 Å². The number of likely N-dealkylation sites (tertiary alicyclic amines) is 1. The molecule has 2 aromatic rings. The fourth-order valence-corrected chi connectivity index (χ4v) is 5.52. The first-order valence-electron chi connectivity index (χ1n) is 12.4. The van der Waals surface area contributed by atoms with Gasteiger partial charge in [-0.1, -0.05) is 30.0 Å². The Bertz CT molecular complexity index is 1140. The smallest absolute Gasteiger partial charge is 0.307 e. The molecule has 2 aliphatic rings. The Morgan fingerprint density at radius 2 is 2.00 bits per heavy atom. The van der Waals surface area contributed by atoms with Gasteiger partial charge in [-0.3, -0.25) is 24.0 Å². The maximum absolute atomic E-state index is 14.8. The van der Waals surface area contributed by atoms with Gasteiger partial charge >= 0.3 is 5.97 Å². The number of aryl methyl sites for hydroxylation is 1. The van der Waals surface area contributed by atoms with Gasteiger partial charge in [0, 0.05) is 42.9 Å². The number of carbonyl (C=O) groups excluding carboxylic acids is 3. The fraction of sp³-hybridized carbons (Fsp3) is 0.481. The Hall–Kier alpha value is -2.78. The van der Waals surface area contributed by atoms with E-state index in [-0.39, 0.29) is 40.3 Å². The lowest BCUT2D eigenvalue weighted by Gasteiger charge is -2.38. The Morgan fingerprint density at radius 1 is 1.22 bits per heavy atom. The summed E-state index contributed by atoms with van der Waals surface area (Å²) in [5, 5.41) is 4.54. The molecule has 1 saturated carbocycles. The molecule has 0 radical (unpaired) electrons. The molecular formula is C27H32FN3O4S. The van der Waals surface area contributed by atoms with Crippen molar-refractivity contribution in [3.63, 3.8) is 0 Å². The number of nitrogens with zero attached hydrogens (tertiary/aromatic N) is 3. The van der Waals surface area contributed by atoms with E-state index in [0.29, 0.717) is 43.9 Å². The van der Waals surface area contributed by atoms with E-state index in [1.54, 1.807) is 42.9 Å². The van der Waals surface area contributed by atoms with E-state index >= 15 is 0 Å². The molecule has 9 heteroatoms. The summed E-state index contributed by atoms with van der Waals surface area (Å²) in [6.07, 6.45) is 6.36. The number of Topliss-reactive ketones (excluding diaryl/α,β-unsaturated/α-hetero) is 1. The minimum absolute atomic E-state index is 0.0125. The number of thioether (sulfide) groups is 1. The highest BCUT2D eigenvalue weighted by molar-refractivity contribution is 8.14. The number of halogens is 1. The van der Waals surface area contributed by atoms with Gasteiger partial charge in [0.05, 0.1) is 31.3 Å². The average molecular weight is 514 g/mol. The summed E-state index contributed by atoms with van der Waals surface area (Å²) in [6, 6.07) is 7.72. The zero-order valence-electron chi connectivity index (χ0n) is 20.7. The van der Waals surface area contributed by atoms with Gasteiger partial charge in [0.2, 0.25) is 0 Å². The summed E-state index contributed by atoms with van der Waals surface area (Å²) in [5.41, 5.74) is 2.09. The molecule has 1 aliphatic heterocycles. The van der Waals surface area contributed by atoms with Gasteiger partial charge in [-0.25, -0.2) is 4.39 Å². The van der Waals surface area contributed by atoms with Crippen molar-refractivity contribution < 1.29 is 23.5 Å². The van der Waals surface area contributed by atoms with Gasteiger partial charge in [-0.05, 0) is 50.0 Å². The third-order valence-electron chi connectivity index (χ3n) is 6.45. The van der Waals surface area contributed by atoms with E-state index in [1.807, 2.05) is 17.0 Å². The molecular weight excluding hydrogens is 481 g/mol. The summed E-state index contributed by atoms with van der Waals surface area (Å²) in [5.74, 6) is -0.585. The average Bonchev–Trinajstić information content (AvgIpc) is 3.60. The highest BCUT2D eigenvalue weighted by Gasteiger charge is 2.41. The van der Waals surface area contributed by atoms with Crippen LogP contribution in [0.5, 0.6) is 0 Å². The molecule has 1 saturated heterocycles. The molecule has 0 spiro atoms. The molecule has 1 aromatic carbocycles. The lowest BCUT2D eigenvalue weighted by molar-refractivity contribution is -0.143. The van der Waals surface area contributed by atoms with Gasteiger partial charge in [-0.2, -0.15) is 5.10 Å². The van der Waals surface area contributed by atoms with E-state index < -0.39 is 6.04 Å². The van der Waals surface area contributed by atoms with Crippen molar-refractivity contribution >= 4 is 34.7 Å². The molecule has 2 unspecified atom stereocenters. The number of rotatable bonds is 10. The molecule has 7 nitrogen and oxygen atoms in total. The third-order valence-corrected chi connectivity index (χ3v) is 7.60.